The van der Waals surface area contributed by atoms with E-state index >= 15 is 0 Å². The Bertz CT molecular complexity index is 844. The largest absolute Gasteiger partial charge is 0.477 e. The molecular formula is C17H18N2O2S. The monoisotopic (exact) mass is 314 g/mol. The normalized spacial score (nSPS) is 11.2. The summed E-state index contributed by atoms with van der Waals surface area (Å²) in [7, 11) is 0. The van der Waals surface area contributed by atoms with Crippen LogP contribution in [0.15, 0.2) is 24.3 Å². The highest BCUT2D eigenvalue weighted by Crippen LogP contribution is 2.31. The van der Waals surface area contributed by atoms with Crippen molar-refractivity contribution in [3.05, 3.63) is 46.1 Å². The van der Waals surface area contributed by atoms with Crippen LogP contribution in [0.1, 0.15) is 40.5 Å². The average molecular weight is 314 g/mol. The molecule has 1 N–H and O–H groups in total. The van der Waals surface area contributed by atoms with Crippen LogP contribution in [0.4, 0.5) is 0 Å². The SMILES string of the molecule is CCc1ccc(-c2nc3sc(C(=O)O)c(CC)n3c2C)cc1. The number of thiazole rings is 1. The molecule has 0 fully saturated rings. The van der Waals surface area contributed by atoms with Crippen molar-refractivity contribution in [2.45, 2.75) is 33.6 Å². The van der Waals surface area contributed by atoms with Gasteiger partial charge in [-0.15, -0.1) is 0 Å². The maximum Gasteiger partial charge on any atom is 0.347 e. The van der Waals surface area contributed by atoms with E-state index in [0.717, 1.165) is 34.0 Å². The third-order valence-electron chi connectivity index (χ3n) is 3.97. The maximum absolute atomic E-state index is 11.4. The lowest BCUT2D eigenvalue weighted by atomic mass is 10.1. The lowest BCUT2D eigenvalue weighted by Gasteiger charge is -2.03. The van der Waals surface area contributed by atoms with Gasteiger partial charge in [-0.1, -0.05) is 49.4 Å². The molecule has 0 radical (unpaired) electrons. The summed E-state index contributed by atoms with van der Waals surface area (Å²) in [6, 6.07) is 8.40. The molecule has 0 aliphatic rings. The van der Waals surface area contributed by atoms with Crippen molar-refractivity contribution >= 4 is 22.3 Å². The van der Waals surface area contributed by atoms with E-state index in [2.05, 4.69) is 36.2 Å². The minimum absolute atomic E-state index is 0.390. The van der Waals surface area contributed by atoms with Crippen molar-refractivity contribution in [1.29, 1.82) is 0 Å². The number of hydrogen-bond donors (Lipinski definition) is 1. The summed E-state index contributed by atoms with van der Waals surface area (Å²) in [6.45, 7) is 6.11. The summed E-state index contributed by atoms with van der Waals surface area (Å²) in [6.07, 6.45) is 1.69. The smallest absolute Gasteiger partial charge is 0.347 e. The highest BCUT2D eigenvalue weighted by atomic mass is 32.1. The van der Waals surface area contributed by atoms with Gasteiger partial charge in [0, 0.05) is 17.0 Å². The molecule has 114 valence electrons. The lowest BCUT2D eigenvalue weighted by molar-refractivity contribution is 0.0700. The van der Waals surface area contributed by atoms with Crippen LogP contribution in [-0.2, 0) is 12.8 Å². The second-order valence-corrected chi connectivity index (χ2v) is 6.23. The summed E-state index contributed by atoms with van der Waals surface area (Å²) >= 11 is 1.25. The molecule has 1 aromatic carbocycles. The van der Waals surface area contributed by atoms with Gasteiger partial charge in [-0.25, -0.2) is 9.78 Å². The van der Waals surface area contributed by atoms with E-state index in [-0.39, 0.29) is 0 Å². The van der Waals surface area contributed by atoms with Gasteiger partial charge in [0.15, 0.2) is 4.96 Å². The van der Waals surface area contributed by atoms with Gasteiger partial charge in [0.2, 0.25) is 0 Å². The second-order valence-electron chi connectivity index (χ2n) is 5.25. The van der Waals surface area contributed by atoms with Crippen molar-refractivity contribution in [2.24, 2.45) is 0 Å². The van der Waals surface area contributed by atoms with Crippen LogP contribution >= 0.6 is 11.3 Å². The molecule has 2 aromatic heterocycles. The van der Waals surface area contributed by atoms with E-state index < -0.39 is 5.97 Å². The van der Waals surface area contributed by atoms with Crippen molar-refractivity contribution in [2.75, 3.05) is 0 Å². The number of hydrogen-bond acceptors (Lipinski definition) is 3. The molecule has 0 spiro atoms. The first kappa shape index (κ1) is 14.8. The molecule has 5 heteroatoms. The first-order valence-corrected chi connectivity index (χ1v) is 8.21. The molecule has 22 heavy (non-hydrogen) atoms. The van der Waals surface area contributed by atoms with Crippen LogP contribution in [0.3, 0.4) is 0 Å². The number of fused-ring (bicyclic) bond motifs is 1. The number of aromatic carboxylic acids is 1. The number of aromatic nitrogens is 2. The number of benzene rings is 1. The molecule has 0 saturated heterocycles. The highest BCUT2D eigenvalue weighted by Gasteiger charge is 2.21. The number of imidazole rings is 1. The van der Waals surface area contributed by atoms with Crippen molar-refractivity contribution in [1.82, 2.24) is 9.38 Å². The number of carboxylic acids is 1. The zero-order valence-electron chi connectivity index (χ0n) is 12.9. The average Bonchev–Trinajstić information content (AvgIpc) is 3.04. The standard InChI is InChI=1S/C17H18N2O2S/c1-4-11-6-8-12(9-7-11)14-10(3)19-13(5-2)15(16(20)21)22-17(19)18-14/h6-9H,4-5H2,1-3H3,(H,20,21). The fraction of sp³-hybridized carbons (Fsp3) is 0.294. The first-order valence-electron chi connectivity index (χ1n) is 7.40. The Hall–Kier alpha value is -2.14. The van der Waals surface area contributed by atoms with E-state index in [1.165, 1.54) is 16.9 Å². The Labute approximate surface area is 133 Å². The number of carbonyl (C=O) groups is 1. The molecule has 3 aromatic rings. The van der Waals surface area contributed by atoms with Gasteiger partial charge in [0.05, 0.1) is 5.69 Å². The van der Waals surface area contributed by atoms with Gasteiger partial charge in [0.1, 0.15) is 4.88 Å². The minimum Gasteiger partial charge on any atom is -0.477 e. The minimum atomic E-state index is -0.874. The molecule has 0 aliphatic heterocycles. The molecule has 0 atom stereocenters. The van der Waals surface area contributed by atoms with Gasteiger partial charge in [-0.2, -0.15) is 0 Å². The quantitative estimate of drug-likeness (QED) is 0.785. The van der Waals surface area contributed by atoms with Crippen LogP contribution in [0.2, 0.25) is 0 Å². The Morgan fingerprint density at radius 3 is 2.45 bits per heavy atom. The van der Waals surface area contributed by atoms with E-state index in [1.807, 2.05) is 18.2 Å². The zero-order valence-corrected chi connectivity index (χ0v) is 13.7. The topological polar surface area (TPSA) is 54.6 Å². The van der Waals surface area contributed by atoms with E-state index in [4.69, 9.17) is 0 Å². The summed E-state index contributed by atoms with van der Waals surface area (Å²) in [4.78, 5) is 17.2. The zero-order chi connectivity index (χ0) is 15.9. The van der Waals surface area contributed by atoms with E-state index in [0.29, 0.717) is 11.3 Å². The van der Waals surface area contributed by atoms with Gasteiger partial charge < -0.3 is 5.11 Å². The van der Waals surface area contributed by atoms with E-state index in [1.54, 1.807) is 0 Å². The summed E-state index contributed by atoms with van der Waals surface area (Å²) < 4.78 is 1.98. The van der Waals surface area contributed by atoms with Crippen molar-refractivity contribution in [3.63, 3.8) is 0 Å². The first-order chi connectivity index (χ1) is 10.6. The molecule has 4 nitrogen and oxygen atoms in total. The lowest BCUT2D eigenvalue weighted by Crippen LogP contribution is -2.01. The Morgan fingerprint density at radius 1 is 1.23 bits per heavy atom. The van der Waals surface area contributed by atoms with Crippen LogP contribution in [0.25, 0.3) is 16.2 Å². The molecule has 0 aliphatic carbocycles. The van der Waals surface area contributed by atoms with Crippen LogP contribution in [-0.4, -0.2) is 20.5 Å². The Kier molecular flexibility index (Phi) is 3.74. The number of carboxylic acid groups (broad SMARTS) is 1. The Morgan fingerprint density at radius 2 is 1.91 bits per heavy atom. The number of rotatable bonds is 4. The summed E-state index contributed by atoms with van der Waals surface area (Å²) in [5.41, 5.74) is 5.13. The Balaban J connectivity index is 2.18. The van der Waals surface area contributed by atoms with Crippen LogP contribution in [0.5, 0.6) is 0 Å². The molecule has 3 rings (SSSR count). The fourth-order valence-corrected chi connectivity index (χ4v) is 3.87. The fourth-order valence-electron chi connectivity index (χ4n) is 2.77. The molecule has 0 bridgehead atoms. The van der Waals surface area contributed by atoms with Gasteiger partial charge in [-0.05, 0) is 25.3 Å². The van der Waals surface area contributed by atoms with Crippen LogP contribution in [0, 0.1) is 6.92 Å². The van der Waals surface area contributed by atoms with Crippen molar-refractivity contribution in [3.8, 4) is 11.3 Å². The van der Waals surface area contributed by atoms with Gasteiger partial charge in [-0.3, -0.25) is 4.40 Å². The van der Waals surface area contributed by atoms with Gasteiger partial charge in [0.25, 0.3) is 0 Å². The number of nitrogens with zero attached hydrogens (tertiary/aromatic N) is 2. The van der Waals surface area contributed by atoms with E-state index in [9.17, 15) is 9.90 Å². The highest BCUT2D eigenvalue weighted by molar-refractivity contribution is 7.19. The summed E-state index contributed by atoms with van der Waals surface area (Å²) in [5.74, 6) is -0.874. The third-order valence-corrected chi connectivity index (χ3v) is 5.04. The second kappa shape index (κ2) is 5.57. The predicted molar refractivity (Wildman–Crippen MR) is 89.0 cm³/mol. The molecule has 0 amide bonds. The third kappa shape index (κ3) is 2.22. The molecule has 2 heterocycles. The van der Waals surface area contributed by atoms with Gasteiger partial charge >= 0.3 is 5.97 Å². The molecule has 0 saturated carbocycles. The summed E-state index contributed by atoms with van der Waals surface area (Å²) in [5, 5.41) is 9.32. The molecular weight excluding hydrogens is 296 g/mol. The number of aryl methyl sites for hydroxylation is 3. The van der Waals surface area contributed by atoms with Crippen LogP contribution < -0.4 is 0 Å². The van der Waals surface area contributed by atoms with Crippen molar-refractivity contribution < 1.29 is 9.90 Å². The predicted octanol–water partition coefficient (Wildman–Crippen LogP) is 4.19. The molecule has 0 unspecified atom stereocenters. The maximum atomic E-state index is 11.4.